The van der Waals surface area contributed by atoms with Crippen molar-refractivity contribution < 1.29 is 13.5 Å². The van der Waals surface area contributed by atoms with Crippen LogP contribution in [0.2, 0.25) is 5.02 Å². The van der Waals surface area contributed by atoms with E-state index in [1.165, 1.54) is 13.2 Å². The van der Waals surface area contributed by atoms with Gasteiger partial charge in [0.2, 0.25) is 0 Å². The topological polar surface area (TPSA) is 21.6 Å². The fraction of sp³-hybridized carbons (Fsp3) is 0.0714. The number of benzene rings is 2. The number of rotatable bonds is 3. The highest BCUT2D eigenvalue weighted by atomic mass is 35.5. The van der Waals surface area contributed by atoms with Crippen molar-refractivity contribution in [2.45, 2.75) is 0 Å². The van der Waals surface area contributed by atoms with Crippen LogP contribution in [0.25, 0.3) is 0 Å². The van der Waals surface area contributed by atoms with Crippen LogP contribution in [-0.2, 0) is 0 Å². The van der Waals surface area contributed by atoms with Gasteiger partial charge in [0.15, 0.2) is 11.6 Å². The highest BCUT2D eigenvalue weighted by molar-refractivity contribution is 6.30. The smallest absolute Gasteiger partial charge is 0.176 e. The standard InChI is InChI=1S/C14H10ClF2NO/c1-19-13-7-6-12(16)11(14(13)17)8-18-10-4-2-9(15)3-5-10/h2-8H,1H3. The second-order valence-corrected chi connectivity index (χ2v) is 4.15. The SMILES string of the molecule is COc1ccc(F)c(C=Nc2ccc(Cl)cc2)c1F. The van der Waals surface area contributed by atoms with Gasteiger partial charge in [0, 0.05) is 11.2 Å². The largest absolute Gasteiger partial charge is 0.494 e. The number of hydrogen-bond donors (Lipinski definition) is 0. The van der Waals surface area contributed by atoms with E-state index in [1.807, 2.05) is 0 Å². The van der Waals surface area contributed by atoms with E-state index >= 15 is 0 Å². The minimum absolute atomic E-state index is 0.0287. The fourth-order valence-electron chi connectivity index (χ4n) is 1.49. The molecule has 0 amide bonds. The van der Waals surface area contributed by atoms with Crippen molar-refractivity contribution in [2.24, 2.45) is 4.99 Å². The average molecular weight is 282 g/mol. The van der Waals surface area contributed by atoms with Gasteiger partial charge in [-0.25, -0.2) is 8.78 Å². The lowest BCUT2D eigenvalue weighted by Gasteiger charge is -2.04. The molecule has 5 heteroatoms. The van der Waals surface area contributed by atoms with Crippen LogP contribution in [0.4, 0.5) is 14.5 Å². The van der Waals surface area contributed by atoms with Crippen molar-refractivity contribution >= 4 is 23.5 Å². The predicted octanol–water partition coefficient (Wildman–Crippen LogP) is 4.38. The Morgan fingerprint density at radius 2 is 1.79 bits per heavy atom. The van der Waals surface area contributed by atoms with Crippen LogP contribution >= 0.6 is 11.6 Å². The number of hydrogen-bond acceptors (Lipinski definition) is 2. The average Bonchev–Trinajstić information content (AvgIpc) is 2.41. The number of ether oxygens (including phenoxy) is 1. The molecule has 2 rings (SSSR count). The summed E-state index contributed by atoms with van der Waals surface area (Å²) in [5.41, 5.74) is 0.306. The Labute approximate surface area is 114 Å². The summed E-state index contributed by atoms with van der Waals surface area (Å²) in [6.45, 7) is 0. The van der Waals surface area contributed by atoms with Crippen LogP contribution in [0.1, 0.15) is 5.56 Å². The molecular weight excluding hydrogens is 272 g/mol. The Bertz CT molecular complexity index is 612. The highest BCUT2D eigenvalue weighted by Gasteiger charge is 2.12. The Morgan fingerprint density at radius 1 is 1.11 bits per heavy atom. The Balaban J connectivity index is 2.35. The summed E-state index contributed by atoms with van der Waals surface area (Å²) >= 11 is 5.73. The zero-order valence-electron chi connectivity index (χ0n) is 10.0. The van der Waals surface area contributed by atoms with E-state index in [1.54, 1.807) is 24.3 Å². The van der Waals surface area contributed by atoms with Gasteiger partial charge in [-0.15, -0.1) is 0 Å². The molecule has 2 nitrogen and oxygen atoms in total. The number of halogens is 3. The highest BCUT2D eigenvalue weighted by Crippen LogP contribution is 2.22. The molecule has 0 aromatic heterocycles. The zero-order valence-corrected chi connectivity index (χ0v) is 10.8. The molecule has 0 aliphatic carbocycles. The molecule has 0 bridgehead atoms. The molecule has 0 unspecified atom stereocenters. The van der Waals surface area contributed by atoms with E-state index in [-0.39, 0.29) is 11.3 Å². The maximum absolute atomic E-state index is 13.8. The van der Waals surface area contributed by atoms with Crippen LogP contribution < -0.4 is 4.74 Å². The molecule has 0 saturated carbocycles. The van der Waals surface area contributed by atoms with Crippen molar-refractivity contribution in [1.82, 2.24) is 0 Å². The van der Waals surface area contributed by atoms with E-state index in [0.29, 0.717) is 10.7 Å². The van der Waals surface area contributed by atoms with Gasteiger partial charge < -0.3 is 4.74 Å². The quantitative estimate of drug-likeness (QED) is 0.765. The molecule has 0 N–H and O–H groups in total. The van der Waals surface area contributed by atoms with Gasteiger partial charge in [-0.05, 0) is 36.4 Å². The molecule has 0 radical (unpaired) electrons. The lowest BCUT2D eigenvalue weighted by Crippen LogP contribution is -1.97. The van der Waals surface area contributed by atoms with Crippen LogP contribution in [0, 0.1) is 11.6 Å². The first-order chi connectivity index (χ1) is 9.11. The Morgan fingerprint density at radius 3 is 2.42 bits per heavy atom. The molecule has 19 heavy (non-hydrogen) atoms. The summed E-state index contributed by atoms with van der Waals surface area (Å²) < 4.78 is 32.1. The third-order valence-electron chi connectivity index (χ3n) is 2.48. The number of aliphatic imine (C=N–C) groups is 1. The zero-order chi connectivity index (χ0) is 13.8. The fourth-order valence-corrected chi connectivity index (χ4v) is 1.62. The molecule has 0 fully saturated rings. The van der Waals surface area contributed by atoms with Gasteiger partial charge in [-0.1, -0.05) is 11.6 Å². The minimum atomic E-state index is -0.778. The van der Waals surface area contributed by atoms with E-state index in [4.69, 9.17) is 16.3 Å². The van der Waals surface area contributed by atoms with Crippen molar-refractivity contribution in [3.8, 4) is 5.75 Å². The predicted molar refractivity (Wildman–Crippen MR) is 71.6 cm³/mol. The van der Waals surface area contributed by atoms with Crippen molar-refractivity contribution in [2.75, 3.05) is 7.11 Å². The molecule has 0 aliphatic heterocycles. The van der Waals surface area contributed by atoms with Crippen LogP contribution in [0.3, 0.4) is 0 Å². The number of nitrogens with zero attached hydrogens (tertiary/aromatic N) is 1. The summed E-state index contributed by atoms with van der Waals surface area (Å²) in [5.74, 6) is -1.50. The first-order valence-electron chi connectivity index (χ1n) is 5.43. The van der Waals surface area contributed by atoms with E-state index in [0.717, 1.165) is 12.3 Å². The summed E-state index contributed by atoms with van der Waals surface area (Å²) in [5, 5.41) is 0.567. The first-order valence-corrected chi connectivity index (χ1v) is 5.81. The van der Waals surface area contributed by atoms with Crippen molar-refractivity contribution in [3.63, 3.8) is 0 Å². The summed E-state index contributed by atoms with van der Waals surface area (Å²) in [4.78, 5) is 4.00. The van der Waals surface area contributed by atoms with E-state index < -0.39 is 11.6 Å². The lowest BCUT2D eigenvalue weighted by atomic mass is 10.2. The summed E-state index contributed by atoms with van der Waals surface area (Å²) in [6, 6.07) is 8.94. The molecule has 0 atom stereocenters. The lowest BCUT2D eigenvalue weighted by molar-refractivity contribution is 0.383. The summed E-state index contributed by atoms with van der Waals surface area (Å²) in [6.07, 6.45) is 1.12. The molecule has 0 spiro atoms. The maximum atomic E-state index is 13.8. The normalized spacial score (nSPS) is 10.9. The van der Waals surface area contributed by atoms with Gasteiger partial charge >= 0.3 is 0 Å². The van der Waals surface area contributed by atoms with Crippen LogP contribution in [0.5, 0.6) is 5.75 Å². The minimum Gasteiger partial charge on any atom is -0.494 e. The Kier molecular flexibility index (Phi) is 4.12. The molecule has 2 aromatic rings. The Hall–Kier alpha value is -1.94. The number of methoxy groups -OCH3 is 1. The van der Waals surface area contributed by atoms with Gasteiger partial charge in [0.05, 0.1) is 18.4 Å². The summed E-state index contributed by atoms with van der Waals surface area (Å²) in [7, 11) is 1.32. The van der Waals surface area contributed by atoms with Gasteiger partial charge in [-0.3, -0.25) is 4.99 Å². The van der Waals surface area contributed by atoms with E-state index in [9.17, 15) is 8.78 Å². The second-order valence-electron chi connectivity index (χ2n) is 3.71. The first kappa shape index (κ1) is 13.5. The monoisotopic (exact) mass is 281 g/mol. The van der Waals surface area contributed by atoms with Gasteiger partial charge in [0.25, 0.3) is 0 Å². The molecule has 0 aliphatic rings. The third-order valence-corrected chi connectivity index (χ3v) is 2.73. The van der Waals surface area contributed by atoms with E-state index in [2.05, 4.69) is 4.99 Å². The maximum Gasteiger partial charge on any atom is 0.176 e. The molecular formula is C14H10ClF2NO. The van der Waals surface area contributed by atoms with Crippen LogP contribution in [0.15, 0.2) is 41.4 Å². The molecule has 98 valence electrons. The third kappa shape index (κ3) is 3.09. The van der Waals surface area contributed by atoms with Crippen molar-refractivity contribution in [1.29, 1.82) is 0 Å². The van der Waals surface area contributed by atoms with Crippen LogP contribution in [-0.4, -0.2) is 13.3 Å². The molecule has 0 saturated heterocycles. The van der Waals surface area contributed by atoms with Crippen molar-refractivity contribution in [3.05, 3.63) is 58.6 Å². The molecule has 2 aromatic carbocycles. The van der Waals surface area contributed by atoms with Gasteiger partial charge in [-0.2, -0.15) is 0 Å². The second kappa shape index (κ2) is 5.80. The molecule has 0 heterocycles. The van der Waals surface area contributed by atoms with Gasteiger partial charge in [0.1, 0.15) is 5.82 Å².